The third kappa shape index (κ3) is 3.39. The lowest BCUT2D eigenvalue weighted by Gasteiger charge is -2.41. The lowest BCUT2D eigenvalue weighted by Crippen LogP contribution is -2.49. The smallest absolute Gasteiger partial charge is 0.266 e. The van der Waals surface area contributed by atoms with Crippen LogP contribution >= 0.6 is 0 Å². The van der Waals surface area contributed by atoms with Crippen molar-refractivity contribution in [2.24, 2.45) is 5.92 Å². The van der Waals surface area contributed by atoms with Gasteiger partial charge in [0.1, 0.15) is 5.75 Å². The molecule has 5 rings (SSSR count). The molecule has 7 heteroatoms. The number of hydrogen-bond acceptors (Lipinski definition) is 6. The van der Waals surface area contributed by atoms with Gasteiger partial charge in [-0.05, 0) is 42.5 Å². The summed E-state index contributed by atoms with van der Waals surface area (Å²) in [5.41, 5.74) is 3.66. The molecule has 1 aromatic carbocycles. The molecule has 1 aliphatic rings. The Balaban J connectivity index is 1.34. The molecule has 0 unspecified atom stereocenters. The van der Waals surface area contributed by atoms with Crippen LogP contribution in [0.5, 0.6) is 5.75 Å². The SMILES string of the molecule is COc1ccc2nccc(N3CC(Cn4nc(-c5cccnc5)ccc4=O)C3)c2c1. The molecule has 4 aromatic rings. The van der Waals surface area contributed by atoms with Gasteiger partial charge in [0, 0.05) is 60.3 Å². The van der Waals surface area contributed by atoms with Crippen molar-refractivity contribution in [1.29, 1.82) is 0 Å². The molecule has 1 saturated heterocycles. The van der Waals surface area contributed by atoms with Gasteiger partial charge in [-0.15, -0.1) is 0 Å². The van der Waals surface area contributed by atoms with Crippen molar-refractivity contribution in [3.05, 3.63) is 77.5 Å². The summed E-state index contributed by atoms with van der Waals surface area (Å²) in [5.74, 6) is 1.17. The molecule has 150 valence electrons. The molecule has 1 aliphatic heterocycles. The molecule has 1 fully saturated rings. The van der Waals surface area contributed by atoms with Gasteiger partial charge in [-0.3, -0.25) is 14.8 Å². The number of ether oxygens (including phenoxy) is 1. The second kappa shape index (κ2) is 7.59. The fourth-order valence-electron chi connectivity index (χ4n) is 3.89. The highest BCUT2D eigenvalue weighted by Gasteiger charge is 2.29. The number of aromatic nitrogens is 4. The summed E-state index contributed by atoms with van der Waals surface area (Å²) in [5, 5.41) is 5.63. The van der Waals surface area contributed by atoms with E-state index in [-0.39, 0.29) is 5.56 Å². The third-order valence-corrected chi connectivity index (χ3v) is 5.48. The van der Waals surface area contributed by atoms with Gasteiger partial charge >= 0.3 is 0 Å². The van der Waals surface area contributed by atoms with Crippen LogP contribution in [-0.2, 0) is 6.54 Å². The average Bonchev–Trinajstić information content (AvgIpc) is 2.77. The van der Waals surface area contributed by atoms with Crippen LogP contribution in [0.2, 0.25) is 0 Å². The van der Waals surface area contributed by atoms with Crippen molar-refractivity contribution in [2.45, 2.75) is 6.54 Å². The van der Waals surface area contributed by atoms with Gasteiger partial charge < -0.3 is 9.64 Å². The summed E-state index contributed by atoms with van der Waals surface area (Å²) < 4.78 is 6.94. The number of anilines is 1. The standard InChI is InChI=1S/C23H21N5O2/c1-30-18-4-5-21-19(11-18)22(8-10-25-21)27-13-16(14-27)15-28-23(29)7-6-20(26-28)17-3-2-9-24-12-17/h2-12,16H,13-15H2,1H3. The van der Waals surface area contributed by atoms with Gasteiger partial charge in [0.25, 0.3) is 5.56 Å². The summed E-state index contributed by atoms with van der Waals surface area (Å²) in [7, 11) is 1.67. The first-order chi connectivity index (χ1) is 14.7. The summed E-state index contributed by atoms with van der Waals surface area (Å²) in [6, 6.07) is 15.1. The monoisotopic (exact) mass is 399 g/mol. The van der Waals surface area contributed by atoms with Gasteiger partial charge in [-0.1, -0.05) is 0 Å². The molecule has 0 radical (unpaired) electrons. The molecular weight excluding hydrogens is 378 g/mol. The Morgan fingerprint density at radius 3 is 2.80 bits per heavy atom. The van der Waals surface area contributed by atoms with Crippen molar-refractivity contribution in [1.82, 2.24) is 19.7 Å². The molecule has 30 heavy (non-hydrogen) atoms. The number of pyridine rings is 2. The quantitative estimate of drug-likeness (QED) is 0.514. The maximum atomic E-state index is 12.3. The first kappa shape index (κ1) is 18.3. The van der Waals surface area contributed by atoms with Gasteiger partial charge in [-0.25, -0.2) is 4.68 Å². The normalized spacial score (nSPS) is 14.0. The second-order valence-corrected chi connectivity index (χ2v) is 7.46. The molecule has 0 spiro atoms. The number of benzene rings is 1. The highest BCUT2D eigenvalue weighted by atomic mass is 16.5. The lowest BCUT2D eigenvalue weighted by molar-refractivity contribution is 0.336. The minimum Gasteiger partial charge on any atom is -0.497 e. The molecular formula is C23H21N5O2. The van der Waals surface area contributed by atoms with Crippen molar-refractivity contribution in [2.75, 3.05) is 25.1 Å². The van der Waals surface area contributed by atoms with E-state index in [2.05, 4.69) is 20.0 Å². The van der Waals surface area contributed by atoms with Crippen molar-refractivity contribution in [3.8, 4) is 17.0 Å². The van der Waals surface area contributed by atoms with Crippen LogP contribution in [0.3, 0.4) is 0 Å². The van der Waals surface area contributed by atoms with Crippen LogP contribution in [0.15, 0.2) is 71.9 Å². The molecule has 0 amide bonds. The summed E-state index contributed by atoms with van der Waals surface area (Å²) >= 11 is 0. The largest absolute Gasteiger partial charge is 0.497 e. The molecule has 3 aromatic heterocycles. The van der Waals surface area contributed by atoms with E-state index >= 15 is 0 Å². The van der Waals surface area contributed by atoms with Gasteiger partial charge in [0.2, 0.25) is 0 Å². The van der Waals surface area contributed by atoms with E-state index in [4.69, 9.17) is 4.74 Å². The zero-order valence-corrected chi connectivity index (χ0v) is 16.6. The van der Waals surface area contributed by atoms with Crippen LogP contribution in [-0.4, -0.2) is 39.9 Å². The Morgan fingerprint density at radius 2 is 2.00 bits per heavy atom. The van der Waals surface area contributed by atoms with E-state index in [0.717, 1.165) is 46.7 Å². The maximum absolute atomic E-state index is 12.3. The van der Waals surface area contributed by atoms with E-state index in [1.165, 1.54) is 0 Å². The average molecular weight is 399 g/mol. The minimum absolute atomic E-state index is 0.0832. The van der Waals surface area contributed by atoms with Crippen LogP contribution < -0.4 is 15.2 Å². The molecule has 0 bridgehead atoms. The zero-order valence-electron chi connectivity index (χ0n) is 16.6. The highest BCUT2D eigenvalue weighted by molar-refractivity contribution is 5.92. The number of fused-ring (bicyclic) bond motifs is 1. The highest BCUT2D eigenvalue weighted by Crippen LogP contribution is 2.33. The van der Waals surface area contributed by atoms with Crippen LogP contribution in [0.1, 0.15) is 0 Å². The third-order valence-electron chi connectivity index (χ3n) is 5.48. The number of rotatable bonds is 5. The number of hydrogen-bond donors (Lipinski definition) is 0. The molecule has 4 heterocycles. The Kier molecular flexibility index (Phi) is 4.63. The fourth-order valence-corrected chi connectivity index (χ4v) is 3.89. The second-order valence-electron chi connectivity index (χ2n) is 7.46. The fraction of sp³-hybridized carbons (Fsp3) is 0.217. The van der Waals surface area contributed by atoms with Crippen LogP contribution in [0, 0.1) is 5.92 Å². The van der Waals surface area contributed by atoms with Crippen LogP contribution in [0.25, 0.3) is 22.2 Å². The van der Waals surface area contributed by atoms with E-state index in [1.54, 1.807) is 36.3 Å². The van der Waals surface area contributed by atoms with Crippen molar-refractivity contribution < 1.29 is 4.74 Å². The summed E-state index contributed by atoms with van der Waals surface area (Å²) in [6.07, 6.45) is 5.31. The molecule has 0 N–H and O–H groups in total. The van der Waals surface area contributed by atoms with E-state index in [1.807, 2.05) is 42.6 Å². The first-order valence-corrected chi connectivity index (χ1v) is 9.87. The maximum Gasteiger partial charge on any atom is 0.266 e. The topological polar surface area (TPSA) is 73.1 Å². The van der Waals surface area contributed by atoms with E-state index in [0.29, 0.717) is 12.5 Å². The van der Waals surface area contributed by atoms with Crippen LogP contribution in [0.4, 0.5) is 5.69 Å². The minimum atomic E-state index is -0.0832. The summed E-state index contributed by atoms with van der Waals surface area (Å²) in [6.45, 7) is 2.32. The first-order valence-electron chi connectivity index (χ1n) is 9.87. The molecule has 0 aliphatic carbocycles. The van der Waals surface area contributed by atoms with Gasteiger partial charge in [0.05, 0.1) is 24.9 Å². The van der Waals surface area contributed by atoms with E-state index < -0.39 is 0 Å². The Bertz CT molecular complexity index is 1250. The Hall–Kier alpha value is -3.74. The summed E-state index contributed by atoms with van der Waals surface area (Å²) in [4.78, 5) is 23.2. The molecule has 0 atom stereocenters. The van der Waals surface area contributed by atoms with Crippen molar-refractivity contribution in [3.63, 3.8) is 0 Å². The lowest BCUT2D eigenvalue weighted by atomic mass is 9.98. The predicted molar refractivity (Wildman–Crippen MR) is 116 cm³/mol. The predicted octanol–water partition coefficient (Wildman–Crippen LogP) is 3.00. The molecule has 0 saturated carbocycles. The Labute approximate surface area is 173 Å². The molecule has 7 nitrogen and oxygen atoms in total. The van der Waals surface area contributed by atoms with Gasteiger partial charge in [-0.2, -0.15) is 5.10 Å². The van der Waals surface area contributed by atoms with Gasteiger partial charge in [0.15, 0.2) is 0 Å². The number of nitrogens with zero attached hydrogens (tertiary/aromatic N) is 5. The Morgan fingerprint density at radius 1 is 1.10 bits per heavy atom. The van der Waals surface area contributed by atoms with Crippen molar-refractivity contribution >= 4 is 16.6 Å². The van der Waals surface area contributed by atoms with E-state index in [9.17, 15) is 4.79 Å². The zero-order chi connectivity index (χ0) is 20.5. The number of methoxy groups -OCH3 is 1.